The predicted molar refractivity (Wildman–Crippen MR) is 71.1 cm³/mol. The lowest BCUT2D eigenvalue weighted by Gasteiger charge is -2.23. The molecule has 2 aromatic rings. The number of rotatable bonds is 2. The number of hydrogen-bond donors (Lipinski definition) is 1. The molecular weight excluding hydrogens is 266 g/mol. The highest BCUT2D eigenvalue weighted by atomic mass is 35.5. The van der Waals surface area contributed by atoms with Gasteiger partial charge < -0.3 is 14.4 Å². The van der Waals surface area contributed by atoms with Crippen LogP contribution in [-0.4, -0.2) is 16.6 Å². The molecule has 0 saturated heterocycles. The second-order valence-corrected chi connectivity index (χ2v) is 4.94. The van der Waals surface area contributed by atoms with Crippen molar-refractivity contribution in [3.63, 3.8) is 0 Å². The largest absolute Gasteiger partial charge is 0.443 e. The monoisotopic (exact) mass is 277 g/mol. The fraction of sp³-hybridized carbons (Fsp3) is 0.214. The van der Waals surface area contributed by atoms with Gasteiger partial charge in [0.1, 0.15) is 11.6 Å². The molecule has 5 heteroatoms. The molecule has 1 aromatic carbocycles. The lowest BCUT2D eigenvalue weighted by molar-refractivity contribution is -0.179. The summed E-state index contributed by atoms with van der Waals surface area (Å²) in [7, 11) is 0. The summed E-state index contributed by atoms with van der Waals surface area (Å²) in [6, 6.07) is 12.9. The molecule has 19 heavy (non-hydrogen) atoms. The van der Waals surface area contributed by atoms with Gasteiger partial charge in [0.25, 0.3) is 0 Å². The lowest BCUT2D eigenvalue weighted by Crippen LogP contribution is -2.33. The van der Waals surface area contributed by atoms with Gasteiger partial charge in [-0.15, -0.1) is 0 Å². The first kappa shape index (κ1) is 12.3. The van der Waals surface area contributed by atoms with Gasteiger partial charge in [-0.05, 0) is 29.3 Å². The highest BCUT2D eigenvalue weighted by Gasteiger charge is 2.46. The number of furan rings is 1. The summed E-state index contributed by atoms with van der Waals surface area (Å²) < 4.78 is 5.36. The number of halogens is 1. The van der Waals surface area contributed by atoms with E-state index in [4.69, 9.17) is 20.9 Å². The number of nitrogens with zero attached hydrogens (tertiary/aromatic N) is 1. The number of aliphatic hydroxyl groups is 1. The molecule has 2 atom stereocenters. The summed E-state index contributed by atoms with van der Waals surface area (Å²) in [5.74, 6) is -1.33. The first-order chi connectivity index (χ1) is 9.08. The maximum atomic E-state index is 10.3. The topological polar surface area (TPSA) is 55.0 Å². The van der Waals surface area contributed by atoms with E-state index in [-0.39, 0.29) is 5.22 Å². The van der Waals surface area contributed by atoms with E-state index in [1.54, 1.807) is 19.1 Å². The van der Waals surface area contributed by atoms with E-state index in [0.29, 0.717) is 11.5 Å². The highest BCUT2D eigenvalue weighted by Crippen LogP contribution is 2.38. The molecule has 1 aliphatic heterocycles. The summed E-state index contributed by atoms with van der Waals surface area (Å²) in [4.78, 5) is 5.12. The van der Waals surface area contributed by atoms with E-state index in [2.05, 4.69) is 5.16 Å². The van der Waals surface area contributed by atoms with Crippen LogP contribution in [0.25, 0.3) is 0 Å². The Morgan fingerprint density at radius 3 is 2.58 bits per heavy atom. The maximum absolute atomic E-state index is 10.3. The van der Waals surface area contributed by atoms with Crippen molar-refractivity contribution in [3.05, 3.63) is 59.0 Å². The van der Waals surface area contributed by atoms with Crippen LogP contribution in [-0.2, 0) is 4.84 Å². The van der Waals surface area contributed by atoms with Crippen molar-refractivity contribution in [1.82, 2.24) is 0 Å². The normalized spacial score (nSPS) is 26.1. The highest BCUT2D eigenvalue weighted by molar-refractivity contribution is 6.29. The summed E-state index contributed by atoms with van der Waals surface area (Å²) in [5.41, 5.74) is 1.43. The zero-order chi connectivity index (χ0) is 13.5. The first-order valence-corrected chi connectivity index (χ1v) is 6.25. The van der Waals surface area contributed by atoms with Crippen molar-refractivity contribution >= 4 is 17.3 Å². The van der Waals surface area contributed by atoms with E-state index < -0.39 is 11.7 Å². The van der Waals surface area contributed by atoms with Crippen LogP contribution in [0.1, 0.15) is 24.2 Å². The molecule has 0 aliphatic carbocycles. The first-order valence-electron chi connectivity index (χ1n) is 5.87. The van der Waals surface area contributed by atoms with Crippen molar-refractivity contribution in [2.24, 2.45) is 5.16 Å². The zero-order valence-corrected chi connectivity index (χ0v) is 11.0. The molecule has 0 amide bonds. The Morgan fingerprint density at radius 2 is 1.95 bits per heavy atom. The summed E-state index contributed by atoms with van der Waals surface area (Å²) in [6.07, 6.45) is 0. The van der Waals surface area contributed by atoms with Gasteiger partial charge in [-0.25, -0.2) is 0 Å². The Morgan fingerprint density at radius 1 is 1.21 bits per heavy atom. The third-order valence-electron chi connectivity index (χ3n) is 3.10. The third-order valence-corrected chi connectivity index (χ3v) is 3.30. The fourth-order valence-corrected chi connectivity index (χ4v) is 2.40. The minimum atomic E-state index is -1.41. The fourth-order valence-electron chi connectivity index (χ4n) is 2.25. The Labute approximate surface area is 115 Å². The molecule has 1 N–H and O–H groups in total. The lowest BCUT2D eigenvalue weighted by atomic mass is 9.87. The van der Waals surface area contributed by atoms with Crippen LogP contribution in [0.5, 0.6) is 0 Å². The van der Waals surface area contributed by atoms with Crippen LogP contribution in [0, 0.1) is 0 Å². The van der Waals surface area contributed by atoms with Gasteiger partial charge in [-0.2, -0.15) is 0 Å². The SMILES string of the molecule is C[C@@]1(O)ON=C(c2ccc(Cl)o2)[C@H]1c1ccccc1. The molecule has 1 aliphatic rings. The van der Waals surface area contributed by atoms with Crippen LogP contribution in [0.15, 0.2) is 52.0 Å². The van der Waals surface area contributed by atoms with Crippen molar-refractivity contribution in [2.75, 3.05) is 0 Å². The van der Waals surface area contributed by atoms with Gasteiger partial charge in [-0.1, -0.05) is 35.5 Å². The molecular formula is C14H12ClNO3. The Hall–Kier alpha value is -1.78. The Kier molecular flexibility index (Phi) is 2.84. The molecule has 0 bridgehead atoms. The molecule has 0 unspecified atom stereocenters. The molecule has 3 rings (SSSR count). The van der Waals surface area contributed by atoms with Crippen molar-refractivity contribution in [3.8, 4) is 0 Å². The Bertz CT molecular complexity index is 619. The number of benzene rings is 1. The summed E-state index contributed by atoms with van der Waals surface area (Å²) >= 11 is 5.78. The van der Waals surface area contributed by atoms with E-state index >= 15 is 0 Å². The van der Waals surface area contributed by atoms with E-state index in [1.807, 2.05) is 30.3 Å². The van der Waals surface area contributed by atoms with Gasteiger partial charge in [0, 0.05) is 6.92 Å². The minimum absolute atomic E-state index is 0.274. The maximum Gasteiger partial charge on any atom is 0.244 e. The predicted octanol–water partition coefficient (Wildman–Crippen LogP) is 3.16. The number of oxime groups is 1. The van der Waals surface area contributed by atoms with E-state index in [0.717, 1.165) is 5.56 Å². The summed E-state index contributed by atoms with van der Waals surface area (Å²) in [6.45, 7) is 1.58. The van der Waals surface area contributed by atoms with Crippen LogP contribution < -0.4 is 0 Å². The van der Waals surface area contributed by atoms with Gasteiger partial charge in [0.05, 0.1) is 0 Å². The smallest absolute Gasteiger partial charge is 0.244 e. The van der Waals surface area contributed by atoms with Crippen molar-refractivity contribution < 1.29 is 14.4 Å². The molecule has 2 heterocycles. The summed E-state index contributed by atoms with van der Waals surface area (Å²) in [5, 5.41) is 14.6. The van der Waals surface area contributed by atoms with Crippen molar-refractivity contribution in [1.29, 1.82) is 0 Å². The van der Waals surface area contributed by atoms with Crippen LogP contribution in [0.4, 0.5) is 0 Å². The quantitative estimate of drug-likeness (QED) is 0.917. The molecule has 0 saturated carbocycles. The van der Waals surface area contributed by atoms with Crippen molar-refractivity contribution in [2.45, 2.75) is 18.6 Å². The van der Waals surface area contributed by atoms with Crippen LogP contribution in [0.3, 0.4) is 0 Å². The molecule has 98 valence electrons. The molecule has 0 radical (unpaired) electrons. The minimum Gasteiger partial charge on any atom is -0.443 e. The zero-order valence-electron chi connectivity index (χ0n) is 10.2. The second kappa shape index (κ2) is 4.40. The van der Waals surface area contributed by atoms with Gasteiger partial charge >= 0.3 is 0 Å². The third kappa shape index (κ3) is 2.13. The Balaban J connectivity index is 2.05. The standard InChI is InChI=1S/C14H12ClNO3/c1-14(17)12(9-5-3-2-4-6-9)13(16-19-14)10-7-8-11(15)18-10/h2-8,12,17H,1H3/t12-,14-/m1/s1. The van der Waals surface area contributed by atoms with E-state index in [9.17, 15) is 5.11 Å². The average molecular weight is 278 g/mol. The van der Waals surface area contributed by atoms with E-state index in [1.165, 1.54) is 0 Å². The molecule has 4 nitrogen and oxygen atoms in total. The van der Waals surface area contributed by atoms with Crippen LogP contribution >= 0.6 is 11.6 Å². The van der Waals surface area contributed by atoms with Gasteiger partial charge in [0.2, 0.25) is 5.79 Å². The van der Waals surface area contributed by atoms with Gasteiger partial charge in [-0.3, -0.25) is 0 Å². The molecule has 0 spiro atoms. The second-order valence-electron chi connectivity index (χ2n) is 4.57. The molecule has 1 aromatic heterocycles. The van der Waals surface area contributed by atoms with Gasteiger partial charge in [0.15, 0.2) is 11.0 Å². The van der Waals surface area contributed by atoms with Crippen LogP contribution in [0.2, 0.25) is 5.22 Å². The average Bonchev–Trinajstić information content (AvgIpc) is 2.93. The molecule has 0 fully saturated rings. The number of hydrogen-bond acceptors (Lipinski definition) is 4.